The maximum atomic E-state index is 13.3. The lowest BCUT2D eigenvalue weighted by Crippen LogP contribution is -2.27. The second kappa shape index (κ2) is 8.92. The molecule has 158 valence electrons. The monoisotopic (exact) mass is 416 g/mol. The number of hydrogen-bond donors (Lipinski definition) is 0. The van der Waals surface area contributed by atoms with E-state index in [2.05, 4.69) is 0 Å². The number of benzene rings is 3. The van der Waals surface area contributed by atoms with Crippen molar-refractivity contribution in [1.82, 2.24) is 5.01 Å². The Morgan fingerprint density at radius 2 is 1.55 bits per heavy atom. The molecule has 1 aliphatic rings. The summed E-state index contributed by atoms with van der Waals surface area (Å²) >= 11 is 0. The second-order valence-corrected chi connectivity index (χ2v) is 7.12. The van der Waals surface area contributed by atoms with Crippen LogP contribution in [0, 0.1) is 0 Å². The van der Waals surface area contributed by atoms with Crippen LogP contribution in [0.2, 0.25) is 0 Å². The fourth-order valence-corrected chi connectivity index (χ4v) is 3.70. The van der Waals surface area contributed by atoms with E-state index < -0.39 is 0 Å². The summed E-state index contributed by atoms with van der Waals surface area (Å²) in [6.45, 7) is 0. The highest BCUT2D eigenvalue weighted by molar-refractivity contribution is 6.06. The summed E-state index contributed by atoms with van der Waals surface area (Å²) in [5.74, 6) is 1.97. The van der Waals surface area contributed by atoms with E-state index in [1.54, 1.807) is 38.5 Å². The van der Waals surface area contributed by atoms with Gasteiger partial charge in [-0.1, -0.05) is 30.3 Å². The zero-order valence-electron chi connectivity index (χ0n) is 17.7. The van der Waals surface area contributed by atoms with E-state index in [4.69, 9.17) is 19.3 Å². The molecule has 1 heterocycles. The smallest absolute Gasteiger partial charge is 0.274 e. The van der Waals surface area contributed by atoms with E-state index in [1.165, 1.54) is 0 Å². The average Bonchev–Trinajstić information content (AvgIpc) is 3.29. The van der Waals surface area contributed by atoms with Crippen molar-refractivity contribution < 1.29 is 19.0 Å². The number of hydrazone groups is 1. The maximum Gasteiger partial charge on any atom is 0.274 e. The lowest BCUT2D eigenvalue weighted by molar-refractivity contribution is 0.0711. The Morgan fingerprint density at radius 3 is 2.19 bits per heavy atom. The standard InChI is InChI=1S/C25H24N2O4/c1-29-19-11-9-17(10-12-19)23-16-22(21-14-13-20(30-2)15-24(21)31-3)26-27(23)25(28)18-7-5-4-6-8-18/h4-15,23H,16H2,1-3H3/t23-/m0/s1. The fraction of sp³-hybridized carbons (Fsp3) is 0.200. The van der Waals surface area contributed by atoms with Gasteiger partial charge in [0.25, 0.3) is 5.91 Å². The Kier molecular flexibility index (Phi) is 5.89. The van der Waals surface area contributed by atoms with Crippen LogP contribution in [0.25, 0.3) is 0 Å². The van der Waals surface area contributed by atoms with E-state index in [0.717, 1.165) is 22.6 Å². The molecule has 3 aromatic rings. The Morgan fingerprint density at radius 1 is 0.871 bits per heavy atom. The average molecular weight is 416 g/mol. The summed E-state index contributed by atoms with van der Waals surface area (Å²) in [5, 5.41) is 6.31. The van der Waals surface area contributed by atoms with Crippen LogP contribution in [0.5, 0.6) is 17.2 Å². The van der Waals surface area contributed by atoms with Crippen LogP contribution in [0.15, 0.2) is 77.9 Å². The summed E-state index contributed by atoms with van der Waals surface area (Å²) in [4.78, 5) is 13.3. The number of rotatable bonds is 6. The number of carbonyl (C=O) groups excluding carboxylic acids is 1. The molecule has 0 aromatic heterocycles. The molecule has 0 saturated heterocycles. The van der Waals surface area contributed by atoms with Gasteiger partial charge in [0.1, 0.15) is 17.2 Å². The SMILES string of the molecule is COc1ccc([C@@H]2CC(c3ccc(OC)cc3OC)=NN2C(=O)c2ccccc2)cc1. The van der Waals surface area contributed by atoms with E-state index >= 15 is 0 Å². The van der Waals surface area contributed by atoms with Gasteiger partial charge in [-0.2, -0.15) is 5.10 Å². The van der Waals surface area contributed by atoms with Crippen LogP contribution >= 0.6 is 0 Å². The van der Waals surface area contributed by atoms with Crippen molar-refractivity contribution in [2.75, 3.05) is 21.3 Å². The van der Waals surface area contributed by atoms with Crippen molar-refractivity contribution in [3.63, 3.8) is 0 Å². The number of nitrogens with zero attached hydrogens (tertiary/aromatic N) is 2. The molecule has 4 rings (SSSR count). The van der Waals surface area contributed by atoms with Gasteiger partial charge in [0.2, 0.25) is 0 Å². The zero-order chi connectivity index (χ0) is 21.8. The van der Waals surface area contributed by atoms with Crippen molar-refractivity contribution in [3.05, 3.63) is 89.5 Å². The summed E-state index contributed by atoms with van der Waals surface area (Å²) in [6.07, 6.45) is 0.563. The molecule has 6 nitrogen and oxygen atoms in total. The summed E-state index contributed by atoms with van der Waals surface area (Å²) < 4.78 is 16.2. The quantitative estimate of drug-likeness (QED) is 0.584. The number of ether oxygens (including phenoxy) is 3. The highest BCUT2D eigenvalue weighted by Gasteiger charge is 2.34. The van der Waals surface area contributed by atoms with Crippen LogP contribution in [0.4, 0.5) is 0 Å². The van der Waals surface area contributed by atoms with Gasteiger partial charge >= 0.3 is 0 Å². The molecule has 0 aliphatic carbocycles. The maximum absolute atomic E-state index is 13.3. The number of hydrogen-bond acceptors (Lipinski definition) is 5. The van der Waals surface area contributed by atoms with Crippen molar-refractivity contribution in [2.45, 2.75) is 12.5 Å². The Hall–Kier alpha value is -3.80. The minimum absolute atomic E-state index is 0.149. The Balaban J connectivity index is 1.75. The van der Waals surface area contributed by atoms with Crippen molar-refractivity contribution in [2.24, 2.45) is 5.10 Å². The van der Waals surface area contributed by atoms with Gasteiger partial charge in [0, 0.05) is 23.6 Å². The first-order valence-corrected chi connectivity index (χ1v) is 9.97. The molecule has 0 unspecified atom stereocenters. The largest absolute Gasteiger partial charge is 0.497 e. The van der Waals surface area contributed by atoms with Crippen LogP contribution in [-0.2, 0) is 0 Å². The zero-order valence-corrected chi connectivity index (χ0v) is 17.7. The summed E-state index contributed by atoms with van der Waals surface area (Å²) in [7, 11) is 4.86. The van der Waals surface area contributed by atoms with Crippen LogP contribution in [0.1, 0.15) is 33.9 Å². The predicted octanol–water partition coefficient (Wildman–Crippen LogP) is 4.70. The first-order chi connectivity index (χ1) is 15.1. The highest BCUT2D eigenvalue weighted by Crippen LogP contribution is 2.37. The number of amides is 1. The lowest BCUT2D eigenvalue weighted by Gasteiger charge is -2.22. The minimum atomic E-state index is -0.236. The molecule has 6 heteroatoms. The van der Waals surface area contributed by atoms with Gasteiger partial charge in [-0.25, -0.2) is 5.01 Å². The van der Waals surface area contributed by atoms with Gasteiger partial charge in [0.15, 0.2) is 0 Å². The molecule has 0 saturated carbocycles. The number of carbonyl (C=O) groups is 1. The van der Waals surface area contributed by atoms with Crippen LogP contribution < -0.4 is 14.2 Å². The van der Waals surface area contributed by atoms with Crippen molar-refractivity contribution in [3.8, 4) is 17.2 Å². The van der Waals surface area contributed by atoms with E-state index in [-0.39, 0.29) is 11.9 Å². The van der Waals surface area contributed by atoms with Crippen molar-refractivity contribution >= 4 is 11.6 Å². The van der Waals surface area contributed by atoms with Gasteiger partial charge in [0.05, 0.1) is 33.1 Å². The molecule has 1 aliphatic heterocycles. The molecule has 1 atom stereocenters. The molecular formula is C25H24N2O4. The van der Waals surface area contributed by atoms with E-state index in [9.17, 15) is 4.79 Å². The predicted molar refractivity (Wildman–Crippen MR) is 119 cm³/mol. The lowest BCUT2D eigenvalue weighted by atomic mass is 9.97. The summed E-state index contributed by atoms with van der Waals surface area (Å²) in [5.41, 5.74) is 3.19. The van der Waals surface area contributed by atoms with Gasteiger partial charge in [-0.05, 0) is 42.0 Å². The van der Waals surface area contributed by atoms with Gasteiger partial charge < -0.3 is 14.2 Å². The Bertz CT molecular complexity index is 1090. The molecule has 0 spiro atoms. The third-order valence-corrected chi connectivity index (χ3v) is 5.36. The van der Waals surface area contributed by atoms with E-state index in [0.29, 0.717) is 23.5 Å². The first kappa shape index (κ1) is 20.5. The highest BCUT2D eigenvalue weighted by atomic mass is 16.5. The molecule has 31 heavy (non-hydrogen) atoms. The van der Waals surface area contributed by atoms with Gasteiger partial charge in [-0.3, -0.25) is 4.79 Å². The fourth-order valence-electron chi connectivity index (χ4n) is 3.70. The molecule has 3 aromatic carbocycles. The molecule has 0 radical (unpaired) electrons. The normalized spacial score (nSPS) is 15.4. The summed E-state index contributed by atoms with van der Waals surface area (Å²) in [6, 6.07) is 22.3. The van der Waals surface area contributed by atoms with E-state index in [1.807, 2.05) is 60.7 Å². The first-order valence-electron chi connectivity index (χ1n) is 9.97. The molecular weight excluding hydrogens is 392 g/mol. The van der Waals surface area contributed by atoms with Crippen LogP contribution in [-0.4, -0.2) is 38.0 Å². The van der Waals surface area contributed by atoms with Gasteiger partial charge in [-0.15, -0.1) is 0 Å². The second-order valence-electron chi connectivity index (χ2n) is 7.12. The number of methoxy groups -OCH3 is 3. The van der Waals surface area contributed by atoms with Crippen molar-refractivity contribution in [1.29, 1.82) is 0 Å². The third kappa shape index (κ3) is 4.10. The molecule has 0 N–H and O–H groups in total. The third-order valence-electron chi connectivity index (χ3n) is 5.36. The molecule has 1 amide bonds. The molecule has 0 fully saturated rings. The Labute approximate surface area is 181 Å². The minimum Gasteiger partial charge on any atom is -0.497 e. The molecule has 0 bridgehead atoms. The van der Waals surface area contributed by atoms with Crippen LogP contribution in [0.3, 0.4) is 0 Å². The topological polar surface area (TPSA) is 60.4 Å².